The molecule has 0 aromatic heterocycles. The van der Waals surface area contributed by atoms with E-state index in [4.69, 9.17) is 10.8 Å². The first-order valence-corrected chi connectivity index (χ1v) is 3.67. The van der Waals surface area contributed by atoms with Crippen molar-refractivity contribution in [3.63, 3.8) is 0 Å². The second kappa shape index (κ2) is 3.88. The molecule has 0 aromatic carbocycles. The van der Waals surface area contributed by atoms with Gasteiger partial charge in [0.2, 0.25) is 0 Å². The Morgan fingerprint density at radius 1 is 1.50 bits per heavy atom. The smallest absolute Gasteiger partial charge is 0.137 e. The van der Waals surface area contributed by atoms with Crippen molar-refractivity contribution in [1.82, 2.24) is 0 Å². The molecular formula is C7H16FNO. The van der Waals surface area contributed by atoms with Crippen LogP contribution in [0.25, 0.3) is 0 Å². The van der Waals surface area contributed by atoms with E-state index >= 15 is 0 Å². The summed E-state index contributed by atoms with van der Waals surface area (Å²) in [4.78, 5) is 0. The van der Waals surface area contributed by atoms with Gasteiger partial charge in [-0.15, -0.1) is 0 Å². The van der Waals surface area contributed by atoms with E-state index in [1.165, 1.54) is 0 Å². The zero-order valence-electron chi connectivity index (χ0n) is 6.60. The fraction of sp³-hybridized carbons (Fsp3) is 1.00. The summed E-state index contributed by atoms with van der Waals surface area (Å²) in [5, 5.41) is 9.08. The van der Waals surface area contributed by atoms with E-state index in [-0.39, 0.29) is 6.54 Å². The molecule has 3 N–H and O–H groups in total. The molecule has 0 aromatic rings. The summed E-state index contributed by atoms with van der Waals surface area (Å²) in [5.74, 6) is 0. The molecule has 0 aliphatic heterocycles. The summed E-state index contributed by atoms with van der Waals surface area (Å²) in [6.45, 7) is 3.42. The third-order valence-corrected chi connectivity index (χ3v) is 2.00. The quantitative estimate of drug-likeness (QED) is 0.622. The molecule has 0 bridgehead atoms. The topological polar surface area (TPSA) is 46.2 Å². The van der Waals surface area contributed by atoms with Crippen molar-refractivity contribution in [3.05, 3.63) is 0 Å². The fourth-order valence-electron chi connectivity index (χ4n) is 0.932. The SMILES string of the molecule is CCC(F)(CC)C(O)CN. The highest BCUT2D eigenvalue weighted by molar-refractivity contribution is 4.84. The first kappa shape index (κ1) is 9.85. The maximum atomic E-state index is 13.3. The van der Waals surface area contributed by atoms with Crippen LogP contribution in [0.1, 0.15) is 26.7 Å². The van der Waals surface area contributed by atoms with Gasteiger partial charge in [-0.3, -0.25) is 0 Å². The molecule has 1 unspecified atom stereocenters. The van der Waals surface area contributed by atoms with Crippen molar-refractivity contribution in [2.75, 3.05) is 6.54 Å². The summed E-state index contributed by atoms with van der Waals surface area (Å²) < 4.78 is 13.3. The van der Waals surface area contributed by atoms with Crippen molar-refractivity contribution in [1.29, 1.82) is 0 Å². The highest BCUT2D eigenvalue weighted by Gasteiger charge is 2.32. The summed E-state index contributed by atoms with van der Waals surface area (Å²) in [6.07, 6.45) is -0.369. The van der Waals surface area contributed by atoms with E-state index in [1.54, 1.807) is 13.8 Å². The van der Waals surface area contributed by atoms with Gasteiger partial charge in [0.1, 0.15) is 11.8 Å². The number of aliphatic hydroxyl groups is 1. The third-order valence-electron chi connectivity index (χ3n) is 2.00. The molecule has 0 aliphatic carbocycles. The Kier molecular flexibility index (Phi) is 3.83. The third kappa shape index (κ3) is 1.92. The number of hydrogen-bond acceptors (Lipinski definition) is 2. The van der Waals surface area contributed by atoms with Gasteiger partial charge in [0.25, 0.3) is 0 Å². The highest BCUT2D eigenvalue weighted by atomic mass is 19.1. The Bertz CT molecular complexity index is 93.6. The van der Waals surface area contributed by atoms with Crippen LogP contribution < -0.4 is 5.73 Å². The van der Waals surface area contributed by atoms with Crippen molar-refractivity contribution in [2.24, 2.45) is 5.73 Å². The van der Waals surface area contributed by atoms with Gasteiger partial charge in [-0.2, -0.15) is 0 Å². The number of hydrogen-bond donors (Lipinski definition) is 2. The Labute approximate surface area is 61.2 Å². The van der Waals surface area contributed by atoms with Gasteiger partial charge in [-0.25, -0.2) is 4.39 Å². The lowest BCUT2D eigenvalue weighted by molar-refractivity contribution is -0.00885. The molecule has 0 aliphatic rings. The van der Waals surface area contributed by atoms with E-state index in [1.807, 2.05) is 0 Å². The van der Waals surface area contributed by atoms with Crippen molar-refractivity contribution in [3.8, 4) is 0 Å². The van der Waals surface area contributed by atoms with Crippen LogP contribution in [-0.2, 0) is 0 Å². The monoisotopic (exact) mass is 149 g/mol. The van der Waals surface area contributed by atoms with Gasteiger partial charge in [0.15, 0.2) is 0 Å². The average Bonchev–Trinajstić information content (AvgIpc) is 2.01. The Hall–Kier alpha value is -0.150. The second-order valence-electron chi connectivity index (χ2n) is 2.49. The van der Waals surface area contributed by atoms with Crippen LogP contribution in [0.15, 0.2) is 0 Å². The van der Waals surface area contributed by atoms with Crippen molar-refractivity contribution >= 4 is 0 Å². The van der Waals surface area contributed by atoms with E-state index < -0.39 is 11.8 Å². The summed E-state index contributed by atoms with van der Waals surface area (Å²) in [7, 11) is 0. The van der Waals surface area contributed by atoms with E-state index in [2.05, 4.69) is 0 Å². The molecule has 0 rings (SSSR count). The molecule has 0 amide bonds. The zero-order valence-corrected chi connectivity index (χ0v) is 6.60. The average molecular weight is 149 g/mol. The van der Waals surface area contributed by atoms with E-state index in [9.17, 15) is 4.39 Å². The predicted octanol–water partition coefficient (Wildman–Crippen LogP) is 0.834. The van der Waals surface area contributed by atoms with Crippen LogP contribution in [0.5, 0.6) is 0 Å². The molecule has 0 saturated heterocycles. The Balaban J connectivity index is 4.02. The van der Waals surface area contributed by atoms with Crippen LogP contribution in [0, 0.1) is 0 Å². The van der Waals surface area contributed by atoms with Gasteiger partial charge in [-0.1, -0.05) is 13.8 Å². The summed E-state index contributed by atoms with van der Waals surface area (Å²) in [5.41, 5.74) is 3.64. The molecule has 0 saturated carbocycles. The zero-order chi connectivity index (χ0) is 8.20. The van der Waals surface area contributed by atoms with Crippen LogP contribution >= 0.6 is 0 Å². The van der Waals surface area contributed by atoms with E-state index in [0.29, 0.717) is 12.8 Å². The lowest BCUT2D eigenvalue weighted by Crippen LogP contribution is -2.41. The maximum Gasteiger partial charge on any atom is 0.137 e. The molecule has 3 heteroatoms. The van der Waals surface area contributed by atoms with Crippen LogP contribution in [0.2, 0.25) is 0 Å². The van der Waals surface area contributed by atoms with Crippen molar-refractivity contribution in [2.45, 2.75) is 38.5 Å². The Morgan fingerprint density at radius 3 is 2.00 bits per heavy atom. The lowest BCUT2D eigenvalue weighted by atomic mass is 9.93. The minimum atomic E-state index is -1.48. The molecule has 0 fully saturated rings. The van der Waals surface area contributed by atoms with Gasteiger partial charge < -0.3 is 10.8 Å². The van der Waals surface area contributed by atoms with E-state index in [0.717, 1.165) is 0 Å². The van der Waals surface area contributed by atoms with Gasteiger partial charge in [0.05, 0.1) is 0 Å². The summed E-state index contributed by atoms with van der Waals surface area (Å²) in [6, 6.07) is 0. The molecular weight excluding hydrogens is 133 g/mol. The number of rotatable bonds is 4. The fourth-order valence-corrected chi connectivity index (χ4v) is 0.932. The van der Waals surface area contributed by atoms with Crippen molar-refractivity contribution < 1.29 is 9.50 Å². The van der Waals surface area contributed by atoms with Gasteiger partial charge in [0, 0.05) is 6.54 Å². The number of nitrogens with two attached hydrogens (primary N) is 1. The molecule has 2 nitrogen and oxygen atoms in total. The van der Waals surface area contributed by atoms with Gasteiger partial charge >= 0.3 is 0 Å². The van der Waals surface area contributed by atoms with Crippen LogP contribution in [-0.4, -0.2) is 23.4 Å². The van der Waals surface area contributed by atoms with Crippen LogP contribution in [0.3, 0.4) is 0 Å². The first-order chi connectivity index (χ1) is 4.60. The number of halogens is 1. The lowest BCUT2D eigenvalue weighted by Gasteiger charge is -2.26. The number of alkyl halides is 1. The Morgan fingerprint density at radius 2 is 1.90 bits per heavy atom. The molecule has 0 spiro atoms. The molecule has 0 heterocycles. The normalized spacial score (nSPS) is 15.3. The molecule has 1 atom stereocenters. The van der Waals surface area contributed by atoms with Crippen LogP contribution in [0.4, 0.5) is 4.39 Å². The second-order valence-corrected chi connectivity index (χ2v) is 2.49. The highest BCUT2D eigenvalue weighted by Crippen LogP contribution is 2.23. The molecule has 0 radical (unpaired) electrons. The number of aliphatic hydroxyl groups excluding tert-OH is 1. The minimum absolute atomic E-state index is 0.00181. The molecule has 10 heavy (non-hydrogen) atoms. The minimum Gasteiger partial charge on any atom is -0.388 e. The predicted molar refractivity (Wildman–Crippen MR) is 39.5 cm³/mol. The summed E-state index contributed by atoms with van der Waals surface area (Å²) >= 11 is 0. The first-order valence-electron chi connectivity index (χ1n) is 3.67. The largest absolute Gasteiger partial charge is 0.388 e. The van der Waals surface area contributed by atoms with Gasteiger partial charge in [-0.05, 0) is 12.8 Å². The standard InChI is InChI=1S/C7H16FNO/c1-3-7(8,4-2)6(10)5-9/h6,10H,3-5,9H2,1-2H3. The maximum absolute atomic E-state index is 13.3. The molecule has 62 valence electrons.